The molecule has 0 radical (unpaired) electrons. The molecule has 184 valence electrons. The summed E-state index contributed by atoms with van der Waals surface area (Å²) in [6.07, 6.45) is 3.27. The molecule has 1 atom stereocenters. The number of hydrogen-bond donors (Lipinski definition) is 0. The number of carbonyl (C=O) groups excluding carboxylic acids is 2. The molecule has 0 saturated carbocycles. The van der Waals surface area contributed by atoms with Crippen molar-refractivity contribution < 1.29 is 14.3 Å². The normalized spacial score (nSPS) is 19.7. The van der Waals surface area contributed by atoms with Gasteiger partial charge in [-0.15, -0.1) is 0 Å². The molecule has 0 aliphatic carbocycles. The molecule has 2 aromatic rings. The number of fused-ring (bicyclic) bond motifs is 1. The maximum absolute atomic E-state index is 13.9. The third kappa shape index (κ3) is 4.84. The summed E-state index contributed by atoms with van der Waals surface area (Å²) in [7, 11) is 1.67. The van der Waals surface area contributed by atoms with Gasteiger partial charge in [-0.3, -0.25) is 9.69 Å². The number of hydrogen-bond acceptors (Lipinski definition) is 4. The minimum absolute atomic E-state index is 0.0285. The SMILES string of the molecule is COCCCN1C(=O)N(Cc2ccc3ccccc3c2)C(=O)C12CCN([C@@H](C)CC(C)C)CC2. The molecule has 0 N–H and O–H groups in total. The summed E-state index contributed by atoms with van der Waals surface area (Å²) in [5.74, 6) is 0.614. The van der Waals surface area contributed by atoms with Gasteiger partial charge in [-0.1, -0.05) is 50.2 Å². The second-order valence-corrected chi connectivity index (χ2v) is 10.4. The number of nitrogens with zero attached hydrogens (tertiary/aromatic N) is 3. The quantitative estimate of drug-likeness (QED) is 0.390. The van der Waals surface area contributed by atoms with Crippen molar-refractivity contribution in [1.29, 1.82) is 0 Å². The van der Waals surface area contributed by atoms with Crippen molar-refractivity contribution in [1.82, 2.24) is 14.7 Å². The Hall–Kier alpha value is -2.44. The van der Waals surface area contributed by atoms with Crippen molar-refractivity contribution in [2.75, 3.05) is 33.4 Å². The van der Waals surface area contributed by atoms with Gasteiger partial charge in [-0.05, 0) is 60.9 Å². The first-order valence-electron chi connectivity index (χ1n) is 12.7. The molecule has 0 bridgehead atoms. The van der Waals surface area contributed by atoms with Crippen molar-refractivity contribution in [3.05, 3.63) is 48.0 Å². The van der Waals surface area contributed by atoms with Crippen LogP contribution in [-0.4, -0.2) is 71.6 Å². The third-order valence-electron chi connectivity index (χ3n) is 7.57. The molecule has 2 aliphatic heterocycles. The molecule has 6 nitrogen and oxygen atoms in total. The Morgan fingerprint density at radius 1 is 1.00 bits per heavy atom. The summed E-state index contributed by atoms with van der Waals surface area (Å²) in [4.78, 5) is 33.3. The van der Waals surface area contributed by atoms with Crippen molar-refractivity contribution in [3.8, 4) is 0 Å². The van der Waals surface area contributed by atoms with Gasteiger partial charge in [0.2, 0.25) is 0 Å². The van der Waals surface area contributed by atoms with Crippen LogP contribution in [0.25, 0.3) is 10.8 Å². The van der Waals surface area contributed by atoms with Crippen LogP contribution >= 0.6 is 0 Å². The standard InChI is InChI=1S/C28H39N3O3/c1-21(2)18-22(3)29-15-12-28(13-16-29)26(32)30(27(33)31(28)14-7-17-34-4)20-23-10-11-24-8-5-6-9-25(24)19-23/h5-6,8-11,19,21-22H,7,12-18,20H2,1-4H3/t22-/m0/s1. The predicted octanol–water partition coefficient (Wildman–Crippen LogP) is 4.91. The highest BCUT2D eigenvalue weighted by atomic mass is 16.5. The maximum atomic E-state index is 13.9. The lowest BCUT2D eigenvalue weighted by Crippen LogP contribution is -2.58. The van der Waals surface area contributed by atoms with Crippen LogP contribution in [0.5, 0.6) is 0 Å². The van der Waals surface area contributed by atoms with E-state index in [9.17, 15) is 9.59 Å². The van der Waals surface area contributed by atoms with Gasteiger partial charge < -0.3 is 14.5 Å². The molecule has 34 heavy (non-hydrogen) atoms. The molecule has 0 aromatic heterocycles. The minimum Gasteiger partial charge on any atom is -0.385 e. The number of carbonyl (C=O) groups is 2. The fraction of sp³-hybridized carbons (Fsp3) is 0.571. The number of amides is 3. The van der Waals surface area contributed by atoms with Gasteiger partial charge in [0.15, 0.2) is 0 Å². The molecule has 2 aromatic carbocycles. The van der Waals surface area contributed by atoms with Crippen LogP contribution in [-0.2, 0) is 16.1 Å². The van der Waals surface area contributed by atoms with E-state index in [1.165, 1.54) is 4.90 Å². The van der Waals surface area contributed by atoms with Gasteiger partial charge in [0, 0.05) is 39.4 Å². The number of ether oxygens (including phenoxy) is 1. The van der Waals surface area contributed by atoms with Crippen LogP contribution in [0.2, 0.25) is 0 Å². The molecule has 6 heteroatoms. The van der Waals surface area contributed by atoms with E-state index in [0.717, 1.165) is 42.3 Å². The van der Waals surface area contributed by atoms with Crippen LogP contribution in [0.4, 0.5) is 4.79 Å². The van der Waals surface area contributed by atoms with Crippen LogP contribution < -0.4 is 0 Å². The zero-order valence-electron chi connectivity index (χ0n) is 21.1. The fourth-order valence-corrected chi connectivity index (χ4v) is 5.77. The van der Waals surface area contributed by atoms with E-state index in [-0.39, 0.29) is 11.9 Å². The number of piperidine rings is 1. The third-order valence-corrected chi connectivity index (χ3v) is 7.57. The molecule has 2 fully saturated rings. The fourth-order valence-electron chi connectivity index (χ4n) is 5.77. The molecule has 4 rings (SSSR count). The number of rotatable bonds is 9. The Morgan fingerprint density at radius 3 is 2.38 bits per heavy atom. The first-order chi connectivity index (χ1) is 16.4. The van der Waals surface area contributed by atoms with Crippen molar-refractivity contribution in [3.63, 3.8) is 0 Å². The van der Waals surface area contributed by atoms with Gasteiger partial charge in [0.05, 0.1) is 6.54 Å². The minimum atomic E-state index is -0.726. The van der Waals surface area contributed by atoms with Crippen LogP contribution in [0, 0.1) is 5.92 Å². The molecule has 0 unspecified atom stereocenters. The first kappa shape index (κ1) is 24.7. The lowest BCUT2D eigenvalue weighted by molar-refractivity contribution is -0.136. The zero-order chi connectivity index (χ0) is 24.3. The highest BCUT2D eigenvalue weighted by Crippen LogP contribution is 2.39. The summed E-state index contributed by atoms with van der Waals surface area (Å²) < 4.78 is 5.24. The van der Waals surface area contributed by atoms with Crippen LogP contribution in [0.1, 0.15) is 52.0 Å². The number of imide groups is 1. The average molecular weight is 466 g/mol. The number of likely N-dealkylation sites (tertiary alicyclic amines) is 1. The highest BCUT2D eigenvalue weighted by Gasteiger charge is 2.57. The lowest BCUT2D eigenvalue weighted by atomic mass is 9.84. The molecular weight excluding hydrogens is 426 g/mol. The Morgan fingerprint density at radius 2 is 1.71 bits per heavy atom. The first-order valence-corrected chi connectivity index (χ1v) is 12.7. The van der Waals surface area contributed by atoms with E-state index in [2.05, 4.69) is 49.9 Å². The van der Waals surface area contributed by atoms with E-state index in [4.69, 9.17) is 4.74 Å². The summed E-state index contributed by atoms with van der Waals surface area (Å²) >= 11 is 0. The summed E-state index contributed by atoms with van der Waals surface area (Å²) in [5, 5.41) is 2.28. The summed E-state index contributed by atoms with van der Waals surface area (Å²) in [5.41, 5.74) is 0.257. The van der Waals surface area contributed by atoms with Gasteiger partial charge in [-0.25, -0.2) is 4.79 Å². The highest BCUT2D eigenvalue weighted by molar-refractivity contribution is 6.07. The van der Waals surface area contributed by atoms with Gasteiger partial charge in [0.1, 0.15) is 5.54 Å². The Bertz CT molecular complexity index is 1010. The Balaban J connectivity index is 1.55. The number of urea groups is 1. The van der Waals surface area contributed by atoms with E-state index in [1.54, 1.807) is 7.11 Å². The van der Waals surface area contributed by atoms with Crippen LogP contribution in [0.3, 0.4) is 0 Å². The molecule has 1 spiro atoms. The topological polar surface area (TPSA) is 53.1 Å². The van der Waals surface area contributed by atoms with Gasteiger partial charge >= 0.3 is 6.03 Å². The van der Waals surface area contributed by atoms with E-state index >= 15 is 0 Å². The Labute approximate surface area is 203 Å². The smallest absolute Gasteiger partial charge is 0.327 e. The maximum Gasteiger partial charge on any atom is 0.327 e. The summed E-state index contributed by atoms with van der Waals surface area (Å²) in [6.45, 7) is 9.92. The van der Waals surface area contributed by atoms with Crippen molar-refractivity contribution in [2.24, 2.45) is 5.92 Å². The van der Waals surface area contributed by atoms with E-state index in [0.29, 0.717) is 44.5 Å². The van der Waals surface area contributed by atoms with Gasteiger partial charge in [-0.2, -0.15) is 0 Å². The number of benzene rings is 2. The largest absolute Gasteiger partial charge is 0.385 e. The van der Waals surface area contributed by atoms with Crippen molar-refractivity contribution >= 4 is 22.7 Å². The number of methoxy groups -OCH3 is 1. The molecule has 2 heterocycles. The molecule has 2 aliphatic rings. The van der Waals surface area contributed by atoms with Crippen molar-refractivity contribution in [2.45, 2.75) is 64.6 Å². The second kappa shape index (κ2) is 10.4. The second-order valence-electron chi connectivity index (χ2n) is 10.4. The lowest BCUT2D eigenvalue weighted by Gasteiger charge is -2.44. The van der Waals surface area contributed by atoms with Crippen LogP contribution in [0.15, 0.2) is 42.5 Å². The monoisotopic (exact) mass is 465 g/mol. The molecule has 2 saturated heterocycles. The summed E-state index contributed by atoms with van der Waals surface area (Å²) in [6, 6.07) is 14.7. The predicted molar refractivity (Wildman–Crippen MR) is 136 cm³/mol. The van der Waals surface area contributed by atoms with E-state index < -0.39 is 5.54 Å². The van der Waals surface area contributed by atoms with E-state index in [1.807, 2.05) is 23.1 Å². The van der Waals surface area contributed by atoms with Gasteiger partial charge in [0.25, 0.3) is 5.91 Å². The molecular formula is C28H39N3O3. The Kier molecular flexibility index (Phi) is 7.58. The molecule has 3 amide bonds. The average Bonchev–Trinajstić information content (AvgIpc) is 3.00. The zero-order valence-corrected chi connectivity index (χ0v) is 21.1.